The summed E-state index contributed by atoms with van der Waals surface area (Å²) in [4.78, 5) is 24.5. The Morgan fingerprint density at radius 1 is 0.903 bits per heavy atom. The quantitative estimate of drug-likeness (QED) is 0.351. The van der Waals surface area contributed by atoms with E-state index in [1.165, 1.54) is 0 Å². The molecular formula is C25H51N3O3. The lowest BCUT2D eigenvalue weighted by molar-refractivity contribution is -0.132. The van der Waals surface area contributed by atoms with Crippen molar-refractivity contribution < 1.29 is 14.3 Å². The molecule has 0 radical (unpaired) electrons. The normalized spacial score (nSPS) is 13.4. The van der Waals surface area contributed by atoms with Crippen molar-refractivity contribution >= 4 is 11.8 Å². The van der Waals surface area contributed by atoms with Gasteiger partial charge in [-0.05, 0) is 52.4 Å². The van der Waals surface area contributed by atoms with Gasteiger partial charge in [-0.3, -0.25) is 9.59 Å². The molecule has 0 aliphatic rings. The highest BCUT2D eigenvalue weighted by molar-refractivity contribution is 5.81. The highest BCUT2D eigenvalue weighted by Gasteiger charge is 2.33. The summed E-state index contributed by atoms with van der Waals surface area (Å²) in [6, 6.07) is 0.420. The molecule has 0 saturated carbocycles. The Balaban J connectivity index is 4.55. The van der Waals surface area contributed by atoms with Crippen LogP contribution >= 0.6 is 0 Å². The Labute approximate surface area is 192 Å². The molecule has 0 atom stereocenters. The summed E-state index contributed by atoms with van der Waals surface area (Å²) in [5, 5.41) is 9.68. The number of nitrogens with one attached hydrogen (secondary N) is 3. The molecular weight excluding hydrogens is 390 g/mol. The van der Waals surface area contributed by atoms with Crippen molar-refractivity contribution in [1.29, 1.82) is 0 Å². The second-order valence-electron chi connectivity index (χ2n) is 12.0. The molecule has 6 heteroatoms. The lowest BCUT2D eigenvalue weighted by atomic mass is 9.79. The van der Waals surface area contributed by atoms with E-state index in [2.05, 4.69) is 57.5 Å². The van der Waals surface area contributed by atoms with Gasteiger partial charge in [0.2, 0.25) is 11.8 Å². The summed E-state index contributed by atoms with van der Waals surface area (Å²) in [6.45, 7) is 24.5. The summed E-state index contributed by atoms with van der Waals surface area (Å²) in [5.41, 5.74) is -1.01. The zero-order chi connectivity index (χ0) is 24.5. The first-order chi connectivity index (χ1) is 13.9. The van der Waals surface area contributed by atoms with E-state index in [9.17, 15) is 9.59 Å². The van der Waals surface area contributed by atoms with Crippen molar-refractivity contribution in [2.75, 3.05) is 19.7 Å². The largest absolute Gasteiger partial charge is 0.374 e. The van der Waals surface area contributed by atoms with E-state index in [4.69, 9.17) is 4.74 Å². The van der Waals surface area contributed by atoms with Gasteiger partial charge in [-0.2, -0.15) is 0 Å². The Morgan fingerprint density at radius 2 is 1.48 bits per heavy atom. The van der Waals surface area contributed by atoms with Crippen LogP contribution in [0.2, 0.25) is 0 Å². The minimum Gasteiger partial charge on any atom is -0.374 e. The SMILES string of the molecule is CCCC(=O)NCC(C)(C)OCCC(C)(C)C(=O)NCC(C)(C)CC(C)(C)NC(C)C. The van der Waals surface area contributed by atoms with Gasteiger partial charge in [0.05, 0.1) is 5.60 Å². The minimum absolute atomic E-state index is 0.00385. The summed E-state index contributed by atoms with van der Waals surface area (Å²) in [7, 11) is 0. The Morgan fingerprint density at radius 3 is 2.00 bits per heavy atom. The molecule has 0 aromatic carbocycles. The van der Waals surface area contributed by atoms with Gasteiger partial charge in [0.15, 0.2) is 0 Å². The van der Waals surface area contributed by atoms with Crippen LogP contribution in [0.25, 0.3) is 0 Å². The number of hydrogen-bond acceptors (Lipinski definition) is 4. The predicted molar refractivity (Wildman–Crippen MR) is 130 cm³/mol. The average molecular weight is 442 g/mol. The van der Waals surface area contributed by atoms with Gasteiger partial charge in [0.25, 0.3) is 0 Å². The fourth-order valence-electron chi connectivity index (χ4n) is 4.02. The van der Waals surface area contributed by atoms with Crippen molar-refractivity contribution in [3.63, 3.8) is 0 Å². The average Bonchev–Trinajstić information content (AvgIpc) is 2.55. The molecule has 0 aromatic heterocycles. The van der Waals surface area contributed by atoms with Crippen LogP contribution in [0.15, 0.2) is 0 Å². The molecule has 0 aliphatic carbocycles. The molecule has 31 heavy (non-hydrogen) atoms. The number of ether oxygens (including phenoxy) is 1. The molecule has 0 unspecified atom stereocenters. The van der Waals surface area contributed by atoms with Crippen molar-refractivity contribution in [3.05, 3.63) is 0 Å². The molecule has 0 saturated heterocycles. The number of rotatable bonds is 15. The fraction of sp³-hybridized carbons (Fsp3) is 0.920. The second-order valence-corrected chi connectivity index (χ2v) is 12.0. The second kappa shape index (κ2) is 12.2. The van der Waals surface area contributed by atoms with Crippen molar-refractivity contribution in [3.8, 4) is 0 Å². The van der Waals surface area contributed by atoms with Gasteiger partial charge >= 0.3 is 0 Å². The summed E-state index contributed by atoms with van der Waals surface area (Å²) >= 11 is 0. The molecule has 0 aliphatic heterocycles. The molecule has 2 amide bonds. The lowest BCUT2D eigenvalue weighted by Gasteiger charge is -2.38. The minimum atomic E-state index is -0.524. The molecule has 3 N–H and O–H groups in total. The number of amides is 2. The highest BCUT2D eigenvalue weighted by atomic mass is 16.5. The third-order valence-electron chi connectivity index (χ3n) is 5.35. The van der Waals surface area contributed by atoms with E-state index >= 15 is 0 Å². The summed E-state index contributed by atoms with van der Waals surface area (Å²) in [5.74, 6) is 0.0983. The van der Waals surface area contributed by atoms with Crippen LogP contribution < -0.4 is 16.0 Å². The maximum Gasteiger partial charge on any atom is 0.225 e. The summed E-state index contributed by atoms with van der Waals surface area (Å²) in [6.07, 6.45) is 2.94. The van der Waals surface area contributed by atoms with E-state index in [-0.39, 0.29) is 22.8 Å². The first-order valence-corrected chi connectivity index (χ1v) is 11.9. The topological polar surface area (TPSA) is 79.5 Å². The molecule has 0 heterocycles. The van der Waals surface area contributed by atoms with E-state index < -0.39 is 11.0 Å². The van der Waals surface area contributed by atoms with Crippen LogP contribution in [0.5, 0.6) is 0 Å². The Hall–Kier alpha value is -1.14. The lowest BCUT2D eigenvalue weighted by Crippen LogP contribution is -2.49. The predicted octanol–water partition coefficient (Wildman–Crippen LogP) is 4.42. The maximum atomic E-state index is 12.9. The molecule has 0 rings (SSSR count). The van der Waals surface area contributed by atoms with Gasteiger partial charge in [0, 0.05) is 43.1 Å². The van der Waals surface area contributed by atoms with Crippen LogP contribution in [-0.2, 0) is 14.3 Å². The van der Waals surface area contributed by atoms with Crippen LogP contribution in [-0.4, -0.2) is 48.7 Å². The molecule has 6 nitrogen and oxygen atoms in total. The van der Waals surface area contributed by atoms with Crippen LogP contribution in [0.1, 0.15) is 102 Å². The van der Waals surface area contributed by atoms with Crippen molar-refractivity contribution in [2.45, 2.75) is 119 Å². The van der Waals surface area contributed by atoms with Crippen molar-refractivity contribution in [2.24, 2.45) is 10.8 Å². The molecule has 184 valence electrons. The first kappa shape index (κ1) is 29.9. The van der Waals surface area contributed by atoms with Crippen LogP contribution in [0.3, 0.4) is 0 Å². The van der Waals surface area contributed by atoms with Crippen LogP contribution in [0.4, 0.5) is 0 Å². The maximum absolute atomic E-state index is 12.9. The van der Waals surface area contributed by atoms with E-state index in [0.717, 1.165) is 12.8 Å². The molecule has 0 aromatic rings. The Bertz CT molecular complexity index is 566. The molecule has 0 bridgehead atoms. The zero-order valence-corrected chi connectivity index (χ0v) is 22.3. The summed E-state index contributed by atoms with van der Waals surface area (Å²) < 4.78 is 5.99. The third kappa shape index (κ3) is 13.8. The molecule has 0 fully saturated rings. The van der Waals surface area contributed by atoms with Gasteiger partial charge in [0.1, 0.15) is 0 Å². The number of hydrogen-bond donors (Lipinski definition) is 3. The van der Waals surface area contributed by atoms with E-state index in [0.29, 0.717) is 38.6 Å². The van der Waals surface area contributed by atoms with Gasteiger partial charge < -0.3 is 20.7 Å². The number of carbonyl (C=O) groups is 2. The Kier molecular flexibility index (Phi) is 11.7. The monoisotopic (exact) mass is 441 g/mol. The number of carbonyl (C=O) groups excluding carboxylic acids is 2. The fourth-order valence-corrected chi connectivity index (χ4v) is 4.02. The molecule has 0 spiro atoms. The highest BCUT2D eigenvalue weighted by Crippen LogP contribution is 2.29. The smallest absolute Gasteiger partial charge is 0.225 e. The van der Waals surface area contributed by atoms with Crippen LogP contribution in [0, 0.1) is 10.8 Å². The zero-order valence-electron chi connectivity index (χ0n) is 22.3. The standard InChI is InChI=1S/C25H51N3O3/c1-12-13-20(29)26-18-25(10,11)31-15-14-23(6,7)21(30)27-17-22(4,5)16-24(8,9)28-19(2)3/h19,28H,12-18H2,1-11H3,(H,26,29)(H,27,30). The van der Waals surface area contributed by atoms with Gasteiger partial charge in [-0.1, -0.05) is 48.5 Å². The van der Waals surface area contributed by atoms with Gasteiger partial charge in [-0.15, -0.1) is 0 Å². The van der Waals surface area contributed by atoms with E-state index in [1.807, 2.05) is 34.6 Å². The third-order valence-corrected chi connectivity index (χ3v) is 5.35. The van der Waals surface area contributed by atoms with Crippen molar-refractivity contribution in [1.82, 2.24) is 16.0 Å². The first-order valence-electron chi connectivity index (χ1n) is 11.9. The van der Waals surface area contributed by atoms with Gasteiger partial charge in [-0.25, -0.2) is 0 Å². The van der Waals surface area contributed by atoms with E-state index in [1.54, 1.807) is 0 Å².